The van der Waals surface area contributed by atoms with Crippen molar-refractivity contribution in [2.75, 3.05) is 26.7 Å². The second-order valence-electron chi connectivity index (χ2n) is 21.6. The Morgan fingerprint density at radius 3 is 1.41 bits per heavy atom. The van der Waals surface area contributed by atoms with E-state index in [1.165, 1.54) is 14.0 Å². The van der Waals surface area contributed by atoms with Crippen LogP contribution in [0.3, 0.4) is 0 Å². The van der Waals surface area contributed by atoms with Crippen LogP contribution in [0.2, 0.25) is 0 Å². The Morgan fingerprint density at radius 1 is 0.507 bits per heavy atom. The van der Waals surface area contributed by atoms with Crippen LogP contribution in [0.1, 0.15) is 169 Å². The Morgan fingerprint density at radius 2 is 0.928 bits per heavy atom. The van der Waals surface area contributed by atoms with Crippen molar-refractivity contribution < 1.29 is 71.9 Å². The number of methoxy groups -OCH3 is 1. The van der Waals surface area contributed by atoms with Gasteiger partial charge >= 0.3 is 36.4 Å². The number of unbranched alkanes of at least 4 members (excludes halogenated alkanes) is 3. The largest absolute Gasteiger partial charge is 0.467 e. The topological polar surface area (TPSA) is 309 Å². The van der Waals surface area contributed by atoms with Gasteiger partial charge in [0.25, 0.3) is 5.91 Å². The maximum Gasteiger partial charge on any atom is 0.414 e. The van der Waals surface area contributed by atoms with Crippen LogP contribution in [0.25, 0.3) is 0 Å². The normalized spacial score (nSPS) is 14.1. The van der Waals surface area contributed by atoms with Gasteiger partial charge in [-0.2, -0.15) is 0 Å². The fraction of sp³-hybridized carbons (Fsp3) is 0.804. The van der Waals surface area contributed by atoms with Gasteiger partial charge in [-0.1, -0.05) is 0 Å². The number of nitrogens with zero attached hydrogens (tertiary/aromatic N) is 1. The summed E-state index contributed by atoms with van der Waals surface area (Å²) in [7, 11) is 1.21. The van der Waals surface area contributed by atoms with Gasteiger partial charge in [0.15, 0.2) is 0 Å². The van der Waals surface area contributed by atoms with E-state index in [1.54, 1.807) is 104 Å². The highest BCUT2D eigenvalue weighted by atomic mass is 16.6. The smallest absolute Gasteiger partial charge is 0.414 e. The molecule has 69 heavy (non-hydrogen) atoms. The molecule has 0 bridgehead atoms. The Bertz CT molecular complexity index is 1730. The van der Waals surface area contributed by atoms with Crippen LogP contribution in [0.5, 0.6) is 0 Å². The molecule has 0 fully saturated rings. The molecule has 0 aromatic heterocycles. The minimum atomic E-state index is -2.45. The summed E-state index contributed by atoms with van der Waals surface area (Å²) in [6.45, 7) is 26.5. The average molecular weight is 989 g/mol. The van der Waals surface area contributed by atoms with Crippen LogP contribution >= 0.6 is 0 Å². The monoisotopic (exact) mass is 989 g/mol. The fourth-order valence-corrected chi connectivity index (χ4v) is 5.75. The first-order valence-corrected chi connectivity index (χ1v) is 23.2. The van der Waals surface area contributed by atoms with Gasteiger partial charge in [0.05, 0.1) is 7.11 Å². The molecular weight excluding hydrogens is 905 g/mol. The number of nitrogens with one attached hydrogen (secondary N) is 7. The molecule has 0 aliphatic rings. The highest BCUT2D eigenvalue weighted by Gasteiger charge is 2.39. The second kappa shape index (κ2) is 27.5. The summed E-state index contributed by atoms with van der Waals surface area (Å²) >= 11 is 0. The number of hydrogen-bond acceptors (Lipinski definition) is 16. The molecule has 8 N–H and O–H groups in total. The van der Waals surface area contributed by atoms with E-state index in [0.717, 1.165) is 0 Å². The van der Waals surface area contributed by atoms with Crippen molar-refractivity contribution >= 4 is 54.2 Å². The minimum absolute atomic E-state index is 0.00542. The molecule has 23 nitrogen and oxygen atoms in total. The number of hydrogen-bond donors (Lipinski definition) is 8. The lowest BCUT2D eigenvalue weighted by Gasteiger charge is -2.29. The molecule has 1 unspecified atom stereocenters. The molecular formula is C46H84N8O15. The fourth-order valence-electron chi connectivity index (χ4n) is 5.75. The Balaban J connectivity index is 5.80. The van der Waals surface area contributed by atoms with Crippen molar-refractivity contribution in [3.8, 4) is 0 Å². The van der Waals surface area contributed by atoms with Crippen molar-refractivity contribution in [2.24, 2.45) is 4.99 Å². The summed E-state index contributed by atoms with van der Waals surface area (Å²) in [5.41, 5.74) is -8.15. The van der Waals surface area contributed by atoms with Crippen LogP contribution in [-0.4, -0.2) is 131 Å². The van der Waals surface area contributed by atoms with Gasteiger partial charge < -0.3 is 54.8 Å². The SMILES string of the molecule is COC(=O)[C@@](C)(CCCCNC(=O)[C@H](CCCCNC(=O)C(O)(CCCCN=C(NC(=O)OC(C)(C)C)NC(=O)OC(C)(C)C)NC(=O)OC(C)(C)C)NC(=O)OC(C)(C)C)NC(=O)OC(C)(C)C. The van der Waals surface area contributed by atoms with Crippen molar-refractivity contribution in [2.45, 2.75) is 214 Å². The van der Waals surface area contributed by atoms with E-state index in [9.17, 15) is 43.5 Å². The first-order valence-electron chi connectivity index (χ1n) is 23.2. The second-order valence-corrected chi connectivity index (χ2v) is 21.6. The number of aliphatic imine (C=N–C) groups is 1. The number of rotatable bonds is 21. The van der Waals surface area contributed by atoms with Gasteiger partial charge in [0, 0.05) is 26.1 Å². The summed E-state index contributed by atoms with van der Waals surface area (Å²) in [6.07, 6.45) is -2.78. The molecule has 0 aromatic carbocycles. The third-order valence-corrected chi connectivity index (χ3v) is 8.57. The molecule has 0 saturated carbocycles. The first-order chi connectivity index (χ1) is 31.3. The molecule has 0 aromatic rings. The molecule has 0 rings (SSSR count). The van der Waals surface area contributed by atoms with E-state index >= 15 is 0 Å². The first kappa shape index (κ1) is 63.4. The quantitative estimate of drug-likeness (QED) is 0.0171. The predicted molar refractivity (Wildman–Crippen MR) is 256 cm³/mol. The molecule has 7 amide bonds. The number of carbonyl (C=O) groups is 8. The van der Waals surface area contributed by atoms with Crippen LogP contribution < -0.4 is 37.2 Å². The van der Waals surface area contributed by atoms with Crippen LogP contribution in [0, 0.1) is 0 Å². The van der Waals surface area contributed by atoms with Crippen molar-refractivity contribution in [1.82, 2.24) is 37.2 Å². The lowest BCUT2D eigenvalue weighted by atomic mass is 9.95. The van der Waals surface area contributed by atoms with E-state index in [0.29, 0.717) is 19.3 Å². The van der Waals surface area contributed by atoms with E-state index in [1.807, 2.05) is 0 Å². The van der Waals surface area contributed by atoms with Gasteiger partial charge in [0.1, 0.15) is 39.6 Å². The van der Waals surface area contributed by atoms with E-state index in [4.69, 9.17) is 28.4 Å². The van der Waals surface area contributed by atoms with E-state index in [2.05, 4.69) is 42.2 Å². The van der Waals surface area contributed by atoms with E-state index < -0.39 is 93.6 Å². The lowest BCUT2D eigenvalue weighted by Crippen LogP contribution is -2.59. The number of carbonyl (C=O) groups excluding carboxylic acids is 8. The van der Waals surface area contributed by atoms with Crippen LogP contribution in [0.4, 0.5) is 24.0 Å². The highest BCUT2D eigenvalue weighted by molar-refractivity contribution is 6.01. The number of alkyl carbamates (subject to hydrolysis) is 5. The Labute approximate surface area is 408 Å². The third-order valence-electron chi connectivity index (χ3n) is 8.57. The number of ether oxygens (including phenoxy) is 6. The summed E-state index contributed by atoms with van der Waals surface area (Å²) < 4.78 is 31.4. The number of guanidine groups is 1. The molecule has 0 aliphatic heterocycles. The maximum absolute atomic E-state index is 13.5. The van der Waals surface area contributed by atoms with Gasteiger partial charge in [-0.25, -0.2) is 28.8 Å². The molecule has 0 heterocycles. The molecule has 3 atom stereocenters. The van der Waals surface area contributed by atoms with Crippen molar-refractivity contribution in [1.29, 1.82) is 0 Å². The van der Waals surface area contributed by atoms with Crippen LogP contribution in [-0.2, 0) is 42.8 Å². The van der Waals surface area contributed by atoms with Crippen LogP contribution in [0.15, 0.2) is 4.99 Å². The molecule has 398 valence electrons. The molecule has 0 spiro atoms. The summed E-state index contributed by atoms with van der Waals surface area (Å²) in [6, 6.07) is -1.04. The Kier molecular flexibility index (Phi) is 25.3. The zero-order valence-electron chi connectivity index (χ0n) is 44.2. The minimum Gasteiger partial charge on any atom is -0.467 e. The van der Waals surface area contributed by atoms with Gasteiger partial charge in [-0.05, 0) is 162 Å². The van der Waals surface area contributed by atoms with E-state index in [-0.39, 0.29) is 64.1 Å². The number of esters is 1. The third kappa shape index (κ3) is 31.2. The summed E-state index contributed by atoms with van der Waals surface area (Å²) in [5.74, 6) is -2.38. The molecule has 0 radical (unpaired) electrons. The average Bonchev–Trinajstić information content (AvgIpc) is 3.12. The van der Waals surface area contributed by atoms with Gasteiger partial charge in [-0.3, -0.25) is 30.5 Å². The zero-order valence-corrected chi connectivity index (χ0v) is 44.2. The van der Waals surface area contributed by atoms with Gasteiger partial charge in [-0.15, -0.1) is 0 Å². The summed E-state index contributed by atoms with van der Waals surface area (Å²) in [4.78, 5) is 107. The van der Waals surface area contributed by atoms with Crippen molar-refractivity contribution in [3.05, 3.63) is 0 Å². The van der Waals surface area contributed by atoms with Crippen molar-refractivity contribution in [3.63, 3.8) is 0 Å². The number of aliphatic hydroxyl groups is 1. The molecule has 0 aliphatic carbocycles. The number of amides is 7. The van der Waals surface area contributed by atoms with Gasteiger partial charge in [0.2, 0.25) is 17.6 Å². The predicted octanol–water partition coefficient (Wildman–Crippen LogP) is 5.70. The Hall–Kier alpha value is -5.61. The highest BCUT2D eigenvalue weighted by Crippen LogP contribution is 2.19. The maximum atomic E-state index is 13.5. The molecule has 23 heteroatoms. The zero-order chi connectivity index (χ0) is 53.7. The summed E-state index contributed by atoms with van der Waals surface area (Å²) in [5, 5.41) is 29.1. The standard InChI is InChI=1S/C46H84N8O15/c1-40(2,3)65-35(58)50-30(31(55)47-27-22-19-25-45(16,33(57)64-17)53-38(61)68-43(10,11)12)24-18-21-28-48-32(56)46(63,54-39(62)69-44(13,14)15)26-20-23-29-49-34(51-36(59)66-41(4,5)6)52-37(60)67-42(7,8)9/h30,63H,18-29H2,1-17H3,(H,47,55)(H,48,56)(H,50,58)(H,53,61)(H,54,62)(H2,49,51,52,59,60)/t30-,45+,46?/m0/s1. The molecule has 0 saturated heterocycles. The lowest BCUT2D eigenvalue weighted by molar-refractivity contribution is -0.148.